The topological polar surface area (TPSA) is 68.5 Å². The lowest BCUT2D eigenvalue weighted by Gasteiger charge is -2.14. The SMILES string of the molecule is CCc1ccc2c(CC(=O)O[C@@H](C)C(=O)Nc3cc(F)ccc3F)coc2c1. The van der Waals surface area contributed by atoms with Crippen LogP contribution in [0.25, 0.3) is 11.0 Å². The normalized spacial score (nSPS) is 12.0. The van der Waals surface area contributed by atoms with Gasteiger partial charge in [-0.1, -0.05) is 19.1 Å². The zero-order chi connectivity index (χ0) is 20.3. The highest BCUT2D eigenvalue weighted by Crippen LogP contribution is 2.23. The number of esters is 1. The molecule has 28 heavy (non-hydrogen) atoms. The van der Waals surface area contributed by atoms with Gasteiger partial charge in [-0.15, -0.1) is 0 Å². The minimum absolute atomic E-state index is 0.0790. The largest absolute Gasteiger partial charge is 0.464 e. The lowest BCUT2D eigenvalue weighted by Crippen LogP contribution is -2.30. The average Bonchev–Trinajstić information content (AvgIpc) is 3.06. The minimum atomic E-state index is -1.18. The number of amides is 1. The molecule has 1 N–H and O–H groups in total. The number of rotatable bonds is 6. The molecule has 0 bridgehead atoms. The Hall–Kier alpha value is -3.22. The summed E-state index contributed by atoms with van der Waals surface area (Å²) in [5.74, 6) is -2.88. The van der Waals surface area contributed by atoms with Crippen molar-refractivity contribution in [1.29, 1.82) is 0 Å². The monoisotopic (exact) mass is 387 g/mol. The zero-order valence-corrected chi connectivity index (χ0v) is 15.4. The first-order valence-electron chi connectivity index (χ1n) is 8.81. The highest BCUT2D eigenvalue weighted by Gasteiger charge is 2.20. The Bertz CT molecular complexity index is 1030. The second kappa shape index (κ2) is 8.21. The molecule has 2 aromatic carbocycles. The van der Waals surface area contributed by atoms with Crippen LogP contribution in [0.5, 0.6) is 0 Å². The molecule has 5 nitrogen and oxygen atoms in total. The number of aryl methyl sites for hydroxylation is 1. The highest BCUT2D eigenvalue weighted by atomic mass is 19.1. The molecule has 0 aliphatic carbocycles. The quantitative estimate of drug-likeness (QED) is 0.637. The van der Waals surface area contributed by atoms with Crippen LogP contribution in [0.3, 0.4) is 0 Å². The van der Waals surface area contributed by atoms with Crippen LogP contribution in [-0.4, -0.2) is 18.0 Å². The smallest absolute Gasteiger partial charge is 0.311 e. The van der Waals surface area contributed by atoms with Crippen molar-refractivity contribution in [3.8, 4) is 0 Å². The molecule has 1 amide bonds. The van der Waals surface area contributed by atoms with Crippen molar-refractivity contribution < 1.29 is 27.5 Å². The predicted octanol–water partition coefficient (Wildman–Crippen LogP) is 4.39. The van der Waals surface area contributed by atoms with E-state index < -0.39 is 29.6 Å². The van der Waals surface area contributed by atoms with Gasteiger partial charge in [-0.05, 0) is 37.1 Å². The number of hydrogen-bond donors (Lipinski definition) is 1. The second-order valence-electron chi connectivity index (χ2n) is 6.37. The first kappa shape index (κ1) is 19.5. The predicted molar refractivity (Wildman–Crippen MR) is 99.8 cm³/mol. The summed E-state index contributed by atoms with van der Waals surface area (Å²) >= 11 is 0. The van der Waals surface area contributed by atoms with Crippen LogP contribution in [0.4, 0.5) is 14.5 Å². The van der Waals surface area contributed by atoms with E-state index in [1.807, 2.05) is 25.1 Å². The Balaban J connectivity index is 1.62. The van der Waals surface area contributed by atoms with E-state index in [0.717, 1.165) is 35.6 Å². The molecule has 3 rings (SSSR count). The van der Waals surface area contributed by atoms with Crippen molar-refractivity contribution in [2.75, 3.05) is 5.32 Å². The first-order valence-corrected chi connectivity index (χ1v) is 8.81. The number of benzene rings is 2. The number of carbonyl (C=O) groups is 2. The van der Waals surface area contributed by atoms with Crippen LogP contribution >= 0.6 is 0 Å². The Morgan fingerprint density at radius 2 is 1.96 bits per heavy atom. The van der Waals surface area contributed by atoms with E-state index in [0.29, 0.717) is 11.1 Å². The summed E-state index contributed by atoms with van der Waals surface area (Å²) in [4.78, 5) is 24.3. The Labute approximate surface area is 160 Å². The maximum atomic E-state index is 13.6. The summed E-state index contributed by atoms with van der Waals surface area (Å²) in [6, 6.07) is 8.43. The minimum Gasteiger partial charge on any atom is -0.464 e. The van der Waals surface area contributed by atoms with Crippen LogP contribution in [0.1, 0.15) is 25.0 Å². The summed E-state index contributed by atoms with van der Waals surface area (Å²) in [5.41, 5.74) is 2.12. The fourth-order valence-electron chi connectivity index (χ4n) is 2.76. The summed E-state index contributed by atoms with van der Waals surface area (Å²) in [6.07, 6.45) is 1.09. The molecule has 0 saturated heterocycles. The number of hydrogen-bond acceptors (Lipinski definition) is 4. The molecular formula is C21H19F2NO4. The molecule has 1 heterocycles. The number of anilines is 1. The van der Waals surface area contributed by atoms with Crippen molar-refractivity contribution in [1.82, 2.24) is 0 Å². The molecular weight excluding hydrogens is 368 g/mol. The first-order chi connectivity index (χ1) is 13.4. The average molecular weight is 387 g/mol. The van der Waals surface area contributed by atoms with Crippen LogP contribution < -0.4 is 5.32 Å². The summed E-state index contributed by atoms with van der Waals surface area (Å²) in [7, 11) is 0. The van der Waals surface area contributed by atoms with E-state index in [2.05, 4.69) is 5.32 Å². The van der Waals surface area contributed by atoms with Gasteiger partial charge in [-0.3, -0.25) is 9.59 Å². The lowest BCUT2D eigenvalue weighted by atomic mass is 10.1. The fraction of sp³-hybridized carbons (Fsp3) is 0.238. The van der Waals surface area contributed by atoms with Crippen LogP contribution in [-0.2, 0) is 27.2 Å². The van der Waals surface area contributed by atoms with Crippen LogP contribution in [0.2, 0.25) is 0 Å². The Morgan fingerprint density at radius 1 is 1.18 bits per heavy atom. The molecule has 0 spiro atoms. The van der Waals surface area contributed by atoms with Crippen molar-refractivity contribution in [2.45, 2.75) is 32.8 Å². The standard InChI is InChI=1S/C21H19F2NO4/c1-3-13-4-6-16-14(11-27-19(16)8-13)9-20(25)28-12(2)21(26)24-18-10-15(22)5-7-17(18)23/h4-8,10-12H,3,9H2,1-2H3,(H,24,26)/t12-/m0/s1. The zero-order valence-electron chi connectivity index (χ0n) is 15.4. The summed E-state index contributed by atoms with van der Waals surface area (Å²) in [6.45, 7) is 3.38. The maximum Gasteiger partial charge on any atom is 0.311 e. The number of fused-ring (bicyclic) bond motifs is 1. The van der Waals surface area contributed by atoms with E-state index >= 15 is 0 Å². The van der Waals surface area contributed by atoms with E-state index in [1.54, 1.807) is 0 Å². The van der Waals surface area contributed by atoms with Gasteiger partial charge in [0.25, 0.3) is 5.91 Å². The maximum absolute atomic E-state index is 13.6. The number of carbonyl (C=O) groups excluding carboxylic acids is 2. The number of halogens is 2. The molecule has 3 aromatic rings. The molecule has 0 aliphatic rings. The van der Waals surface area contributed by atoms with Gasteiger partial charge in [0, 0.05) is 17.0 Å². The number of furan rings is 1. The van der Waals surface area contributed by atoms with Gasteiger partial charge in [0.15, 0.2) is 6.10 Å². The van der Waals surface area contributed by atoms with Crippen molar-refractivity contribution in [3.63, 3.8) is 0 Å². The molecule has 0 radical (unpaired) electrons. The van der Waals surface area contributed by atoms with Gasteiger partial charge in [0.2, 0.25) is 0 Å². The lowest BCUT2D eigenvalue weighted by molar-refractivity contribution is -0.152. The molecule has 1 aromatic heterocycles. The van der Waals surface area contributed by atoms with E-state index in [9.17, 15) is 18.4 Å². The third-order valence-corrected chi connectivity index (χ3v) is 4.33. The van der Waals surface area contributed by atoms with E-state index in [4.69, 9.17) is 9.15 Å². The third-order valence-electron chi connectivity index (χ3n) is 4.33. The Kier molecular flexibility index (Phi) is 5.73. The van der Waals surface area contributed by atoms with Crippen LogP contribution in [0, 0.1) is 11.6 Å². The van der Waals surface area contributed by atoms with Gasteiger partial charge in [-0.2, -0.15) is 0 Å². The molecule has 1 atom stereocenters. The van der Waals surface area contributed by atoms with Crippen molar-refractivity contribution >= 4 is 28.5 Å². The number of nitrogens with one attached hydrogen (secondary N) is 1. The fourth-order valence-corrected chi connectivity index (χ4v) is 2.76. The van der Waals surface area contributed by atoms with E-state index in [1.165, 1.54) is 13.2 Å². The molecule has 7 heteroatoms. The third kappa shape index (κ3) is 4.36. The van der Waals surface area contributed by atoms with Gasteiger partial charge >= 0.3 is 5.97 Å². The van der Waals surface area contributed by atoms with Crippen molar-refractivity contribution in [2.24, 2.45) is 0 Å². The van der Waals surface area contributed by atoms with Gasteiger partial charge in [0.05, 0.1) is 18.4 Å². The van der Waals surface area contributed by atoms with E-state index in [-0.39, 0.29) is 12.1 Å². The van der Waals surface area contributed by atoms with Gasteiger partial charge in [-0.25, -0.2) is 8.78 Å². The molecule has 0 saturated carbocycles. The van der Waals surface area contributed by atoms with Crippen molar-refractivity contribution in [3.05, 3.63) is 65.4 Å². The van der Waals surface area contributed by atoms with Crippen LogP contribution in [0.15, 0.2) is 47.1 Å². The molecule has 146 valence electrons. The molecule has 0 aliphatic heterocycles. The second-order valence-corrected chi connectivity index (χ2v) is 6.37. The number of ether oxygens (including phenoxy) is 1. The summed E-state index contributed by atoms with van der Waals surface area (Å²) in [5, 5.41) is 3.01. The van der Waals surface area contributed by atoms with Gasteiger partial charge in [0.1, 0.15) is 17.2 Å². The summed E-state index contributed by atoms with van der Waals surface area (Å²) < 4.78 is 37.4. The van der Waals surface area contributed by atoms with Gasteiger partial charge < -0.3 is 14.5 Å². The Morgan fingerprint density at radius 3 is 2.71 bits per heavy atom. The molecule has 0 fully saturated rings. The molecule has 0 unspecified atom stereocenters. The highest BCUT2D eigenvalue weighted by molar-refractivity contribution is 5.95.